The SMILES string of the molecule is COc1ccc(OCc2cccnc2-c2nn[nH]n2)c(C=O)c1. The van der Waals surface area contributed by atoms with Crippen molar-refractivity contribution in [1.82, 2.24) is 25.6 Å². The summed E-state index contributed by atoms with van der Waals surface area (Å²) in [5.41, 5.74) is 1.76. The Hall–Kier alpha value is -3.29. The Balaban J connectivity index is 1.83. The highest BCUT2D eigenvalue weighted by molar-refractivity contribution is 5.80. The normalized spacial score (nSPS) is 10.3. The topological polar surface area (TPSA) is 103 Å². The van der Waals surface area contributed by atoms with Crippen LogP contribution in [0.5, 0.6) is 11.5 Å². The molecule has 0 amide bonds. The largest absolute Gasteiger partial charge is 0.497 e. The van der Waals surface area contributed by atoms with Crippen molar-refractivity contribution in [3.8, 4) is 23.0 Å². The molecule has 0 spiro atoms. The van der Waals surface area contributed by atoms with Crippen molar-refractivity contribution in [3.63, 3.8) is 0 Å². The molecular formula is C15H13N5O3. The number of nitrogens with zero attached hydrogens (tertiary/aromatic N) is 4. The predicted octanol–water partition coefficient (Wildman–Crippen LogP) is 1.66. The van der Waals surface area contributed by atoms with Gasteiger partial charge in [0.15, 0.2) is 6.29 Å². The predicted molar refractivity (Wildman–Crippen MR) is 80.1 cm³/mol. The Morgan fingerprint density at radius 3 is 2.96 bits per heavy atom. The molecule has 0 aliphatic rings. The van der Waals surface area contributed by atoms with Gasteiger partial charge in [-0.15, -0.1) is 10.2 Å². The lowest BCUT2D eigenvalue weighted by Gasteiger charge is -2.11. The van der Waals surface area contributed by atoms with Gasteiger partial charge in [0.1, 0.15) is 23.8 Å². The van der Waals surface area contributed by atoms with Crippen molar-refractivity contribution in [2.24, 2.45) is 0 Å². The number of carbonyl (C=O) groups is 1. The van der Waals surface area contributed by atoms with E-state index in [9.17, 15) is 4.79 Å². The van der Waals surface area contributed by atoms with E-state index in [-0.39, 0.29) is 6.61 Å². The first-order valence-corrected chi connectivity index (χ1v) is 6.75. The van der Waals surface area contributed by atoms with Gasteiger partial charge in [-0.2, -0.15) is 5.21 Å². The summed E-state index contributed by atoms with van der Waals surface area (Å²) in [6, 6.07) is 8.67. The highest BCUT2D eigenvalue weighted by atomic mass is 16.5. The fourth-order valence-corrected chi connectivity index (χ4v) is 2.05. The van der Waals surface area contributed by atoms with Crippen molar-refractivity contribution in [2.45, 2.75) is 6.61 Å². The molecule has 0 saturated carbocycles. The monoisotopic (exact) mass is 311 g/mol. The number of nitrogens with one attached hydrogen (secondary N) is 1. The highest BCUT2D eigenvalue weighted by Gasteiger charge is 2.12. The van der Waals surface area contributed by atoms with E-state index in [1.165, 1.54) is 7.11 Å². The number of hydrogen-bond acceptors (Lipinski definition) is 7. The number of ether oxygens (including phenoxy) is 2. The van der Waals surface area contributed by atoms with Crippen LogP contribution in [-0.2, 0) is 6.61 Å². The van der Waals surface area contributed by atoms with Gasteiger partial charge in [0.25, 0.3) is 0 Å². The number of rotatable bonds is 6. The minimum atomic E-state index is 0.213. The van der Waals surface area contributed by atoms with Gasteiger partial charge in [-0.3, -0.25) is 9.78 Å². The summed E-state index contributed by atoms with van der Waals surface area (Å²) in [6.45, 7) is 0.213. The maximum absolute atomic E-state index is 11.2. The second kappa shape index (κ2) is 6.65. The second-order valence-corrected chi connectivity index (χ2v) is 4.56. The maximum atomic E-state index is 11.2. The summed E-state index contributed by atoms with van der Waals surface area (Å²) in [5, 5.41) is 13.8. The summed E-state index contributed by atoms with van der Waals surface area (Å²) in [6.07, 6.45) is 2.36. The van der Waals surface area contributed by atoms with Crippen LogP contribution in [0.15, 0.2) is 36.5 Å². The van der Waals surface area contributed by atoms with Crippen LogP contribution < -0.4 is 9.47 Å². The fraction of sp³-hybridized carbons (Fsp3) is 0.133. The molecule has 0 aliphatic heterocycles. The minimum absolute atomic E-state index is 0.213. The number of methoxy groups -OCH3 is 1. The number of pyridine rings is 1. The Morgan fingerprint density at radius 1 is 1.30 bits per heavy atom. The summed E-state index contributed by atoms with van der Waals surface area (Å²) in [5.74, 6) is 1.44. The van der Waals surface area contributed by atoms with Crippen molar-refractivity contribution in [3.05, 3.63) is 47.7 Å². The molecule has 0 saturated heterocycles. The van der Waals surface area contributed by atoms with E-state index in [1.807, 2.05) is 6.07 Å². The fourth-order valence-electron chi connectivity index (χ4n) is 2.05. The lowest BCUT2D eigenvalue weighted by atomic mass is 10.2. The van der Waals surface area contributed by atoms with E-state index in [2.05, 4.69) is 25.6 Å². The van der Waals surface area contributed by atoms with Crippen LogP contribution in [0.2, 0.25) is 0 Å². The Bertz CT molecular complexity index is 805. The minimum Gasteiger partial charge on any atom is -0.497 e. The van der Waals surface area contributed by atoms with Crippen molar-refractivity contribution < 1.29 is 14.3 Å². The van der Waals surface area contributed by atoms with E-state index in [4.69, 9.17) is 9.47 Å². The van der Waals surface area contributed by atoms with Crippen LogP contribution >= 0.6 is 0 Å². The van der Waals surface area contributed by atoms with Gasteiger partial charge in [0.05, 0.1) is 12.7 Å². The second-order valence-electron chi connectivity index (χ2n) is 4.56. The number of aromatic amines is 1. The lowest BCUT2D eigenvalue weighted by molar-refractivity contribution is 0.111. The molecule has 2 heterocycles. The van der Waals surface area contributed by atoms with E-state index in [1.54, 1.807) is 30.5 Å². The molecule has 23 heavy (non-hydrogen) atoms. The summed E-state index contributed by atoms with van der Waals surface area (Å²) in [4.78, 5) is 15.4. The van der Waals surface area contributed by atoms with E-state index >= 15 is 0 Å². The molecule has 0 radical (unpaired) electrons. The molecular weight excluding hydrogens is 298 g/mol. The number of aldehydes is 1. The van der Waals surface area contributed by atoms with Crippen LogP contribution in [0.25, 0.3) is 11.5 Å². The molecule has 0 atom stereocenters. The molecule has 0 bridgehead atoms. The van der Waals surface area contributed by atoms with Crippen LogP contribution in [0, 0.1) is 0 Å². The molecule has 8 heteroatoms. The van der Waals surface area contributed by atoms with Crippen LogP contribution in [0.4, 0.5) is 0 Å². The van der Waals surface area contributed by atoms with Gasteiger partial charge in [0, 0.05) is 11.8 Å². The third-order valence-electron chi connectivity index (χ3n) is 3.18. The quantitative estimate of drug-likeness (QED) is 0.690. The standard InChI is InChI=1S/C15H13N5O3/c1-22-12-4-5-13(11(7-12)8-21)23-9-10-3-2-6-16-14(10)15-17-19-20-18-15/h2-8H,9H2,1H3,(H,17,18,19,20). The molecule has 0 unspecified atom stereocenters. The van der Waals surface area contributed by atoms with Gasteiger partial charge in [0.2, 0.25) is 5.82 Å². The van der Waals surface area contributed by atoms with E-state index in [0.717, 1.165) is 11.8 Å². The van der Waals surface area contributed by atoms with E-state index < -0.39 is 0 Å². The van der Waals surface area contributed by atoms with Gasteiger partial charge in [-0.1, -0.05) is 6.07 Å². The Labute approximate surface area is 131 Å². The molecule has 1 aromatic carbocycles. The molecule has 0 aliphatic carbocycles. The average Bonchev–Trinajstić information content (AvgIpc) is 3.14. The van der Waals surface area contributed by atoms with Crippen molar-refractivity contribution in [2.75, 3.05) is 7.11 Å². The number of aromatic nitrogens is 5. The smallest absolute Gasteiger partial charge is 0.223 e. The third-order valence-corrected chi connectivity index (χ3v) is 3.18. The van der Waals surface area contributed by atoms with Gasteiger partial charge < -0.3 is 9.47 Å². The molecule has 3 rings (SSSR count). The van der Waals surface area contributed by atoms with Gasteiger partial charge >= 0.3 is 0 Å². The molecule has 8 nitrogen and oxygen atoms in total. The van der Waals surface area contributed by atoms with E-state index in [0.29, 0.717) is 28.6 Å². The highest BCUT2D eigenvalue weighted by Crippen LogP contribution is 2.25. The zero-order valence-electron chi connectivity index (χ0n) is 12.3. The average molecular weight is 311 g/mol. The number of hydrogen-bond donors (Lipinski definition) is 1. The van der Waals surface area contributed by atoms with Crippen LogP contribution in [-0.4, -0.2) is 39.0 Å². The molecule has 3 aromatic rings. The number of carbonyl (C=O) groups excluding carboxylic acids is 1. The Kier molecular flexibility index (Phi) is 4.23. The molecule has 1 N–H and O–H groups in total. The summed E-state index contributed by atoms with van der Waals surface area (Å²) in [7, 11) is 1.54. The molecule has 0 fully saturated rings. The first-order valence-electron chi connectivity index (χ1n) is 6.75. The van der Waals surface area contributed by atoms with Crippen molar-refractivity contribution >= 4 is 6.29 Å². The zero-order chi connectivity index (χ0) is 16.1. The van der Waals surface area contributed by atoms with Crippen LogP contribution in [0.1, 0.15) is 15.9 Å². The van der Waals surface area contributed by atoms with Gasteiger partial charge in [-0.25, -0.2) is 0 Å². The number of H-pyrrole nitrogens is 1. The number of tetrazole rings is 1. The first-order chi connectivity index (χ1) is 11.3. The van der Waals surface area contributed by atoms with Crippen molar-refractivity contribution in [1.29, 1.82) is 0 Å². The maximum Gasteiger partial charge on any atom is 0.223 e. The summed E-state index contributed by atoms with van der Waals surface area (Å²) < 4.78 is 10.8. The molecule has 116 valence electrons. The first kappa shape index (κ1) is 14.6. The third kappa shape index (κ3) is 3.15. The summed E-state index contributed by atoms with van der Waals surface area (Å²) >= 11 is 0. The Morgan fingerprint density at radius 2 is 2.22 bits per heavy atom. The lowest BCUT2D eigenvalue weighted by Crippen LogP contribution is -2.02. The molecule has 2 aromatic heterocycles. The zero-order valence-corrected chi connectivity index (χ0v) is 12.3. The van der Waals surface area contributed by atoms with Crippen LogP contribution in [0.3, 0.4) is 0 Å². The number of benzene rings is 1. The van der Waals surface area contributed by atoms with Gasteiger partial charge in [-0.05, 0) is 29.5 Å².